The van der Waals surface area contributed by atoms with Gasteiger partial charge in [-0.15, -0.1) is 0 Å². The summed E-state index contributed by atoms with van der Waals surface area (Å²) in [4.78, 5) is 24.7. The summed E-state index contributed by atoms with van der Waals surface area (Å²) in [7, 11) is 1.44. The Morgan fingerprint density at radius 1 is 1.19 bits per heavy atom. The number of benzene rings is 1. The van der Waals surface area contributed by atoms with Crippen molar-refractivity contribution in [3.63, 3.8) is 0 Å². The van der Waals surface area contributed by atoms with Crippen LogP contribution in [0.15, 0.2) is 42.7 Å². The SMILES string of the molecule is COc1cc(C(C)=O)ccc1O.O=C(O)c1cccnc1. The normalized spacial score (nSPS) is 9.24. The summed E-state index contributed by atoms with van der Waals surface area (Å²) < 4.78 is 4.83. The molecule has 0 spiro atoms. The van der Waals surface area contributed by atoms with Crippen LogP contribution in [-0.4, -0.2) is 34.1 Å². The highest BCUT2D eigenvalue weighted by Gasteiger charge is 2.04. The standard InChI is InChI=1S/C9H10O3.C6H5NO2/c1-6(10)7-3-4-8(11)9(5-7)12-2;8-6(9)5-2-1-3-7-4-5/h3-5,11H,1-2H3;1-4H,(H,8,9). The zero-order valence-corrected chi connectivity index (χ0v) is 11.6. The number of carbonyl (C=O) groups excluding carboxylic acids is 1. The second kappa shape index (κ2) is 7.64. The van der Waals surface area contributed by atoms with Gasteiger partial charge in [0.15, 0.2) is 17.3 Å². The molecule has 0 amide bonds. The number of aromatic nitrogens is 1. The number of Topliss-reactive ketones (excluding diaryl/α,β-unsaturated/α-hetero) is 1. The number of phenolic OH excluding ortho intramolecular Hbond substituents is 1. The van der Waals surface area contributed by atoms with Crippen LogP contribution in [0.2, 0.25) is 0 Å². The van der Waals surface area contributed by atoms with Crippen molar-refractivity contribution < 1.29 is 24.5 Å². The molecule has 0 unspecified atom stereocenters. The summed E-state index contributed by atoms with van der Waals surface area (Å²) >= 11 is 0. The Hall–Kier alpha value is -2.89. The van der Waals surface area contributed by atoms with Gasteiger partial charge in [0.2, 0.25) is 0 Å². The summed E-state index contributed by atoms with van der Waals surface area (Å²) in [6.45, 7) is 1.46. The highest BCUT2D eigenvalue weighted by molar-refractivity contribution is 5.94. The van der Waals surface area contributed by atoms with Gasteiger partial charge in [0.1, 0.15) is 0 Å². The van der Waals surface area contributed by atoms with Crippen molar-refractivity contribution in [3.8, 4) is 11.5 Å². The zero-order chi connectivity index (χ0) is 15.8. The number of nitrogens with zero attached hydrogens (tertiary/aromatic N) is 1. The number of hydrogen-bond donors (Lipinski definition) is 2. The molecule has 0 aliphatic rings. The van der Waals surface area contributed by atoms with Gasteiger partial charge in [-0.1, -0.05) is 0 Å². The zero-order valence-electron chi connectivity index (χ0n) is 11.6. The number of aromatic carboxylic acids is 1. The smallest absolute Gasteiger partial charge is 0.337 e. The van der Waals surface area contributed by atoms with E-state index in [0.717, 1.165) is 0 Å². The van der Waals surface area contributed by atoms with Gasteiger partial charge in [-0.2, -0.15) is 0 Å². The Bertz CT molecular complexity index is 625. The Balaban J connectivity index is 0.000000219. The molecule has 0 bridgehead atoms. The first-order valence-electron chi connectivity index (χ1n) is 5.97. The van der Waals surface area contributed by atoms with Gasteiger partial charge >= 0.3 is 5.97 Å². The fraction of sp³-hybridized carbons (Fsp3) is 0.133. The lowest BCUT2D eigenvalue weighted by molar-refractivity contribution is 0.0696. The number of carbonyl (C=O) groups is 2. The number of phenols is 1. The van der Waals surface area contributed by atoms with Crippen molar-refractivity contribution in [2.24, 2.45) is 0 Å². The van der Waals surface area contributed by atoms with Gasteiger partial charge in [0.05, 0.1) is 12.7 Å². The Kier molecular flexibility index (Phi) is 5.88. The molecule has 2 aromatic rings. The van der Waals surface area contributed by atoms with E-state index < -0.39 is 5.97 Å². The first-order chi connectivity index (χ1) is 9.95. The van der Waals surface area contributed by atoms with Crippen LogP contribution in [0.5, 0.6) is 11.5 Å². The molecule has 0 radical (unpaired) electrons. The second-order valence-electron chi connectivity index (χ2n) is 3.99. The molecule has 0 saturated carbocycles. The van der Waals surface area contributed by atoms with Crippen molar-refractivity contribution in [3.05, 3.63) is 53.9 Å². The summed E-state index contributed by atoms with van der Waals surface area (Å²) in [5, 5.41) is 17.5. The van der Waals surface area contributed by atoms with Gasteiger partial charge in [-0.3, -0.25) is 9.78 Å². The van der Waals surface area contributed by atoms with E-state index in [-0.39, 0.29) is 17.1 Å². The summed E-state index contributed by atoms with van der Waals surface area (Å²) in [6.07, 6.45) is 2.84. The molecule has 0 aliphatic heterocycles. The number of carboxylic acids is 1. The maximum absolute atomic E-state index is 10.9. The molecule has 0 atom stereocenters. The molecule has 1 heterocycles. The van der Waals surface area contributed by atoms with E-state index in [0.29, 0.717) is 11.3 Å². The number of aromatic hydroxyl groups is 1. The minimum Gasteiger partial charge on any atom is -0.504 e. The van der Waals surface area contributed by atoms with Crippen LogP contribution in [0, 0.1) is 0 Å². The fourth-order valence-electron chi connectivity index (χ4n) is 1.39. The molecule has 2 rings (SSSR count). The predicted molar refractivity (Wildman–Crippen MR) is 75.9 cm³/mol. The third-order valence-electron chi connectivity index (χ3n) is 2.49. The maximum Gasteiger partial charge on any atom is 0.337 e. The molecule has 1 aromatic carbocycles. The Morgan fingerprint density at radius 2 is 1.90 bits per heavy atom. The number of carboxylic acid groups (broad SMARTS) is 1. The predicted octanol–water partition coefficient (Wildman–Crippen LogP) is 2.38. The van der Waals surface area contributed by atoms with Crippen molar-refractivity contribution in [1.82, 2.24) is 4.98 Å². The van der Waals surface area contributed by atoms with Gasteiger partial charge in [-0.05, 0) is 37.3 Å². The number of ketones is 1. The maximum atomic E-state index is 10.9. The summed E-state index contributed by atoms with van der Waals surface area (Å²) in [5.74, 6) is -0.624. The highest BCUT2D eigenvalue weighted by atomic mass is 16.5. The van der Waals surface area contributed by atoms with Crippen LogP contribution in [0.25, 0.3) is 0 Å². The number of pyridine rings is 1. The van der Waals surface area contributed by atoms with Crippen molar-refractivity contribution >= 4 is 11.8 Å². The molecule has 0 aliphatic carbocycles. The minimum atomic E-state index is -0.942. The minimum absolute atomic E-state index is 0.0440. The highest BCUT2D eigenvalue weighted by Crippen LogP contribution is 2.26. The third-order valence-corrected chi connectivity index (χ3v) is 2.49. The summed E-state index contributed by atoms with van der Waals surface area (Å²) in [5.41, 5.74) is 0.752. The molecular formula is C15H15NO5. The van der Waals surface area contributed by atoms with Crippen LogP contribution in [0.4, 0.5) is 0 Å². The largest absolute Gasteiger partial charge is 0.504 e. The van der Waals surface area contributed by atoms with Crippen molar-refractivity contribution in [2.75, 3.05) is 7.11 Å². The number of methoxy groups -OCH3 is 1. The molecule has 6 heteroatoms. The van der Waals surface area contributed by atoms with E-state index in [1.807, 2.05) is 0 Å². The average Bonchev–Trinajstić information content (AvgIpc) is 2.49. The molecule has 21 heavy (non-hydrogen) atoms. The Morgan fingerprint density at radius 3 is 2.33 bits per heavy atom. The van der Waals surface area contributed by atoms with E-state index in [1.54, 1.807) is 12.1 Å². The molecule has 110 valence electrons. The van der Waals surface area contributed by atoms with Crippen molar-refractivity contribution in [1.29, 1.82) is 0 Å². The molecule has 6 nitrogen and oxygen atoms in total. The molecule has 2 N–H and O–H groups in total. The molecule has 0 saturated heterocycles. The van der Waals surface area contributed by atoms with Gasteiger partial charge in [-0.25, -0.2) is 4.79 Å². The van der Waals surface area contributed by atoms with E-state index in [2.05, 4.69) is 4.98 Å². The van der Waals surface area contributed by atoms with Crippen LogP contribution in [-0.2, 0) is 0 Å². The number of rotatable bonds is 3. The topological polar surface area (TPSA) is 96.7 Å². The number of ether oxygens (including phenoxy) is 1. The molecule has 0 fully saturated rings. The van der Waals surface area contributed by atoms with Crippen LogP contribution >= 0.6 is 0 Å². The second-order valence-corrected chi connectivity index (χ2v) is 3.99. The average molecular weight is 289 g/mol. The van der Waals surface area contributed by atoms with Crippen LogP contribution < -0.4 is 4.74 Å². The van der Waals surface area contributed by atoms with Gasteiger partial charge < -0.3 is 14.9 Å². The monoisotopic (exact) mass is 289 g/mol. The van der Waals surface area contributed by atoms with Gasteiger partial charge in [0, 0.05) is 18.0 Å². The molecule has 1 aromatic heterocycles. The lowest BCUT2D eigenvalue weighted by atomic mass is 10.1. The first kappa shape index (κ1) is 16.2. The van der Waals surface area contributed by atoms with E-state index in [1.165, 1.54) is 44.6 Å². The lowest BCUT2D eigenvalue weighted by Gasteiger charge is -2.03. The van der Waals surface area contributed by atoms with Crippen LogP contribution in [0.1, 0.15) is 27.6 Å². The van der Waals surface area contributed by atoms with Gasteiger partial charge in [0.25, 0.3) is 0 Å². The fourth-order valence-corrected chi connectivity index (χ4v) is 1.39. The quantitative estimate of drug-likeness (QED) is 0.842. The van der Waals surface area contributed by atoms with E-state index in [4.69, 9.17) is 9.84 Å². The third kappa shape index (κ3) is 4.94. The molecular weight excluding hydrogens is 274 g/mol. The lowest BCUT2D eigenvalue weighted by Crippen LogP contribution is -1.94. The summed E-state index contributed by atoms with van der Waals surface area (Å²) in [6, 6.07) is 7.59. The number of hydrogen-bond acceptors (Lipinski definition) is 5. The van der Waals surface area contributed by atoms with Crippen molar-refractivity contribution in [2.45, 2.75) is 6.92 Å². The Labute approximate surface area is 121 Å². The van der Waals surface area contributed by atoms with E-state index >= 15 is 0 Å². The first-order valence-corrected chi connectivity index (χ1v) is 5.97. The van der Waals surface area contributed by atoms with Crippen LogP contribution in [0.3, 0.4) is 0 Å². The van der Waals surface area contributed by atoms with E-state index in [9.17, 15) is 14.7 Å².